The Hall–Kier alpha value is -2.95. The number of aromatic nitrogens is 2. The molecule has 0 saturated carbocycles. The highest BCUT2D eigenvalue weighted by atomic mass is 16.2. The van der Waals surface area contributed by atoms with Gasteiger partial charge in [-0.25, -0.2) is 0 Å². The molecule has 26 heavy (non-hydrogen) atoms. The van der Waals surface area contributed by atoms with E-state index < -0.39 is 0 Å². The van der Waals surface area contributed by atoms with Crippen molar-refractivity contribution in [2.75, 3.05) is 6.54 Å². The molecular weight excluding hydrogens is 326 g/mol. The molecule has 1 aromatic carbocycles. The number of H-pyrrole nitrogens is 1. The Bertz CT molecular complexity index is 977. The van der Waals surface area contributed by atoms with E-state index in [1.165, 1.54) is 0 Å². The molecule has 134 valence electrons. The zero-order valence-electron chi connectivity index (χ0n) is 15.3. The second-order valence-electron chi connectivity index (χ2n) is 6.98. The van der Waals surface area contributed by atoms with Gasteiger partial charge in [0.2, 0.25) is 0 Å². The maximum atomic E-state index is 12.9. The van der Waals surface area contributed by atoms with Crippen molar-refractivity contribution >= 4 is 16.8 Å². The first-order chi connectivity index (χ1) is 12.5. The summed E-state index contributed by atoms with van der Waals surface area (Å²) in [4.78, 5) is 34.1. The van der Waals surface area contributed by atoms with Crippen LogP contribution in [0.1, 0.15) is 35.3 Å². The van der Waals surface area contributed by atoms with Gasteiger partial charge in [-0.2, -0.15) is 0 Å². The van der Waals surface area contributed by atoms with E-state index in [0.717, 1.165) is 16.5 Å². The molecule has 5 nitrogen and oxygen atoms in total. The molecule has 0 spiro atoms. The summed E-state index contributed by atoms with van der Waals surface area (Å²) in [5.74, 6) is 0.201. The van der Waals surface area contributed by atoms with E-state index in [9.17, 15) is 9.59 Å². The lowest BCUT2D eigenvalue weighted by molar-refractivity contribution is 0.0722. The van der Waals surface area contributed by atoms with Crippen molar-refractivity contribution in [3.05, 3.63) is 75.8 Å². The Morgan fingerprint density at radius 1 is 1.19 bits per heavy atom. The van der Waals surface area contributed by atoms with Gasteiger partial charge in [-0.1, -0.05) is 32.0 Å². The lowest BCUT2D eigenvalue weighted by Gasteiger charge is -2.24. The maximum absolute atomic E-state index is 12.9. The van der Waals surface area contributed by atoms with Crippen LogP contribution in [-0.2, 0) is 6.54 Å². The number of rotatable bonds is 5. The zero-order valence-corrected chi connectivity index (χ0v) is 15.3. The molecule has 0 bridgehead atoms. The molecule has 0 aliphatic carbocycles. The molecule has 3 aromatic rings. The number of hydrogen-bond acceptors (Lipinski definition) is 3. The van der Waals surface area contributed by atoms with Crippen LogP contribution in [0.15, 0.2) is 53.6 Å². The maximum Gasteiger partial charge on any atom is 0.254 e. The number of benzene rings is 1. The minimum atomic E-state index is -0.150. The van der Waals surface area contributed by atoms with Crippen LogP contribution < -0.4 is 5.56 Å². The molecule has 0 unspecified atom stereocenters. The summed E-state index contributed by atoms with van der Waals surface area (Å²) < 4.78 is 0. The highest BCUT2D eigenvalue weighted by Gasteiger charge is 2.19. The number of aromatic amines is 1. The Balaban J connectivity index is 1.97. The van der Waals surface area contributed by atoms with Crippen molar-refractivity contribution in [2.24, 2.45) is 5.92 Å². The molecule has 0 aliphatic heterocycles. The van der Waals surface area contributed by atoms with Crippen molar-refractivity contribution in [3.8, 4) is 0 Å². The fraction of sp³-hybridized carbons (Fsp3) is 0.286. The first-order valence-electron chi connectivity index (χ1n) is 8.76. The molecule has 0 aliphatic rings. The summed E-state index contributed by atoms with van der Waals surface area (Å²) >= 11 is 0. The van der Waals surface area contributed by atoms with Crippen molar-refractivity contribution in [1.29, 1.82) is 0 Å². The van der Waals surface area contributed by atoms with E-state index in [2.05, 4.69) is 23.8 Å². The summed E-state index contributed by atoms with van der Waals surface area (Å²) in [5, 5.41) is 0.973. The van der Waals surface area contributed by atoms with Crippen molar-refractivity contribution in [1.82, 2.24) is 14.9 Å². The van der Waals surface area contributed by atoms with E-state index in [4.69, 9.17) is 0 Å². The minimum absolute atomic E-state index is 0.0927. The third kappa shape index (κ3) is 3.82. The fourth-order valence-corrected chi connectivity index (χ4v) is 3.09. The SMILES string of the molecule is Cc1cccc2cc(CN(CC(C)C)C(=O)c3ccncc3)c(=O)[nH]c12. The van der Waals surface area contributed by atoms with E-state index in [1.807, 2.05) is 31.2 Å². The van der Waals surface area contributed by atoms with Gasteiger partial charge in [0.05, 0.1) is 12.1 Å². The van der Waals surface area contributed by atoms with Gasteiger partial charge in [0.25, 0.3) is 11.5 Å². The van der Waals surface area contributed by atoms with Gasteiger partial charge in [-0.3, -0.25) is 14.6 Å². The van der Waals surface area contributed by atoms with Gasteiger partial charge in [-0.15, -0.1) is 0 Å². The van der Waals surface area contributed by atoms with E-state index >= 15 is 0 Å². The molecule has 0 radical (unpaired) electrons. The molecule has 3 rings (SSSR count). The average molecular weight is 349 g/mol. The summed E-state index contributed by atoms with van der Waals surface area (Å²) in [6.45, 7) is 6.93. The number of nitrogens with zero attached hydrogens (tertiary/aromatic N) is 2. The second-order valence-corrected chi connectivity index (χ2v) is 6.98. The van der Waals surface area contributed by atoms with Crippen LogP contribution >= 0.6 is 0 Å². The topological polar surface area (TPSA) is 66.1 Å². The summed E-state index contributed by atoms with van der Waals surface area (Å²) in [6, 6.07) is 11.2. The lowest BCUT2D eigenvalue weighted by atomic mass is 10.1. The monoisotopic (exact) mass is 349 g/mol. The Morgan fingerprint density at radius 2 is 1.92 bits per heavy atom. The van der Waals surface area contributed by atoms with Crippen LogP contribution in [0.2, 0.25) is 0 Å². The van der Waals surface area contributed by atoms with Crippen LogP contribution in [0.25, 0.3) is 10.9 Å². The molecule has 2 aromatic heterocycles. The van der Waals surface area contributed by atoms with Gasteiger partial charge >= 0.3 is 0 Å². The number of aryl methyl sites for hydroxylation is 1. The van der Waals surface area contributed by atoms with Gasteiger partial charge < -0.3 is 9.88 Å². The minimum Gasteiger partial charge on any atom is -0.334 e. The third-order valence-corrected chi connectivity index (χ3v) is 4.33. The predicted octanol–water partition coefficient (Wildman–Crippen LogP) is 3.53. The molecule has 0 atom stereocenters. The van der Waals surface area contributed by atoms with Crippen LogP contribution in [0.5, 0.6) is 0 Å². The molecular formula is C21H23N3O2. The molecule has 5 heteroatoms. The first-order valence-corrected chi connectivity index (χ1v) is 8.76. The van der Waals surface area contributed by atoms with Crippen LogP contribution in [0.4, 0.5) is 0 Å². The van der Waals surface area contributed by atoms with E-state index in [-0.39, 0.29) is 18.0 Å². The van der Waals surface area contributed by atoms with Gasteiger partial charge in [0.1, 0.15) is 0 Å². The molecule has 1 amide bonds. The highest BCUT2D eigenvalue weighted by Crippen LogP contribution is 2.17. The zero-order chi connectivity index (χ0) is 18.7. The molecule has 0 saturated heterocycles. The second kappa shape index (κ2) is 7.52. The van der Waals surface area contributed by atoms with E-state index in [0.29, 0.717) is 23.6 Å². The standard InChI is InChI=1S/C21H23N3O2/c1-14(2)12-24(21(26)16-7-9-22-10-8-16)13-18-11-17-6-4-5-15(3)19(17)23-20(18)25/h4-11,14H,12-13H2,1-3H3,(H,23,25). The Labute approximate surface area is 152 Å². The van der Waals surface area contributed by atoms with Gasteiger partial charge in [-0.05, 0) is 42.0 Å². The number of amides is 1. The normalized spacial score (nSPS) is 11.1. The number of carbonyl (C=O) groups is 1. The van der Waals surface area contributed by atoms with Crippen molar-refractivity contribution < 1.29 is 4.79 Å². The van der Waals surface area contributed by atoms with Gasteiger partial charge in [0, 0.05) is 30.1 Å². The highest BCUT2D eigenvalue weighted by molar-refractivity contribution is 5.94. The number of fused-ring (bicyclic) bond motifs is 1. The number of hydrogen-bond donors (Lipinski definition) is 1. The quantitative estimate of drug-likeness (QED) is 0.766. The average Bonchev–Trinajstić information content (AvgIpc) is 2.62. The number of para-hydroxylation sites is 1. The lowest BCUT2D eigenvalue weighted by Crippen LogP contribution is -2.35. The third-order valence-electron chi connectivity index (χ3n) is 4.33. The largest absolute Gasteiger partial charge is 0.334 e. The van der Waals surface area contributed by atoms with Crippen LogP contribution in [0.3, 0.4) is 0 Å². The van der Waals surface area contributed by atoms with Crippen LogP contribution in [-0.4, -0.2) is 27.3 Å². The van der Waals surface area contributed by atoms with Gasteiger partial charge in [0.15, 0.2) is 0 Å². The first kappa shape index (κ1) is 17.9. The molecule has 0 fully saturated rings. The smallest absolute Gasteiger partial charge is 0.254 e. The summed E-state index contributed by atoms with van der Waals surface area (Å²) in [5.41, 5.74) is 2.89. The Morgan fingerprint density at radius 3 is 2.62 bits per heavy atom. The number of pyridine rings is 2. The Kier molecular flexibility index (Phi) is 5.16. The van der Waals surface area contributed by atoms with Crippen molar-refractivity contribution in [3.63, 3.8) is 0 Å². The fourth-order valence-electron chi connectivity index (χ4n) is 3.09. The predicted molar refractivity (Wildman–Crippen MR) is 103 cm³/mol. The molecule has 2 heterocycles. The summed E-state index contributed by atoms with van der Waals surface area (Å²) in [7, 11) is 0. The number of nitrogens with one attached hydrogen (secondary N) is 1. The van der Waals surface area contributed by atoms with Crippen molar-refractivity contribution in [2.45, 2.75) is 27.3 Å². The van der Waals surface area contributed by atoms with Crippen LogP contribution in [0, 0.1) is 12.8 Å². The molecule has 1 N–H and O–H groups in total. The number of carbonyl (C=O) groups excluding carboxylic acids is 1. The van der Waals surface area contributed by atoms with E-state index in [1.54, 1.807) is 29.4 Å². The summed E-state index contributed by atoms with van der Waals surface area (Å²) in [6.07, 6.45) is 3.21.